The summed E-state index contributed by atoms with van der Waals surface area (Å²) in [6.07, 6.45) is 1.11. The highest BCUT2D eigenvalue weighted by atomic mass is 16.5. The number of aryl methyl sites for hydroxylation is 1. The summed E-state index contributed by atoms with van der Waals surface area (Å²) in [7, 11) is 0. The molecule has 3 nitrogen and oxygen atoms in total. The molecule has 2 aromatic carbocycles. The molecule has 2 rings (SSSR count). The molecule has 3 heteroatoms. The highest BCUT2D eigenvalue weighted by Crippen LogP contribution is 2.24. The third-order valence-corrected chi connectivity index (χ3v) is 4.61. The first kappa shape index (κ1) is 19.0. The van der Waals surface area contributed by atoms with Crippen molar-refractivity contribution in [3.8, 4) is 5.75 Å². The van der Waals surface area contributed by atoms with E-state index in [0.717, 1.165) is 17.9 Å². The lowest BCUT2D eigenvalue weighted by atomic mass is 9.98. The van der Waals surface area contributed by atoms with Crippen molar-refractivity contribution in [1.82, 2.24) is 0 Å². The number of hydrogen-bond donors (Lipinski definition) is 1. The molecule has 0 aliphatic carbocycles. The fraction of sp³-hybridized carbons (Fsp3) is 0.409. The molecule has 1 amide bonds. The number of carbonyl (C=O) groups excluding carboxylic acids is 1. The van der Waals surface area contributed by atoms with Crippen LogP contribution in [0.15, 0.2) is 42.5 Å². The summed E-state index contributed by atoms with van der Waals surface area (Å²) < 4.78 is 5.62. The molecule has 134 valence electrons. The smallest absolute Gasteiger partial charge is 0.262 e. The molecule has 0 unspecified atom stereocenters. The number of rotatable bonds is 7. The molecule has 0 fully saturated rings. The largest absolute Gasteiger partial charge is 0.484 e. The third kappa shape index (κ3) is 5.35. The van der Waals surface area contributed by atoms with Gasteiger partial charge in [0.1, 0.15) is 5.75 Å². The minimum atomic E-state index is -0.151. The van der Waals surface area contributed by atoms with Gasteiger partial charge in [-0.3, -0.25) is 4.79 Å². The Morgan fingerprint density at radius 2 is 1.76 bits per heavy atom. The van der Waals surface area contributed by atoms with Gasteiger partial charge in [0.15, 0.2) is 6.61 Å². The number of carbonyl (C=O) groups is 1. The van der Waals surface area contributed by atoms with Gasteiger partial charge in [-0.2, -0.15) is 0 Å². The molecule has 1 N–H and O–H groups in total. The van der Waals surface area contributed by atoms with Gasteiger partial charge in [-0.05, 0) is 66.1 Å². The summed E-state index contributed by atoms with van der Waals surface area (Å²) in [6.45, 7) is 10.8. The molecular formula is C22H29NO2. The molecular weight excluding hydrogens is 310 g/mol. The zero-order valence-corrected chi connectivity index (χ0v) is 15.9. The molecule has 0 saturated heterocycles. The van der Waals surface area contributed by atoms with Crippen molar-refractivity contribution in [1.29, 1.82) is 0 Å². The van der Waals surface area contributed by atoms with E-state index in [1.165, 1.54) is 16.7 Å². The lowest BCUT2D eigenvalue weighted by molar-refractivity contribution is -0.118. The van der Waals surface area contributed by atoms with E-state index >= 15 is 0 Å². The highest BCUT2D eigenvalue weighted by molar-refractivity contribution is 5.91. The molecule has 0 saturated carbocycles. The van der Waals surface area contributed by atoms with E-state index in [2.05, 4.69) is 58.1 Å². The van der Waals surface area contributed by atoms with E-state index < -0.39 is 0 Å². The van der Waals surface area contributed by atoms with Crippen LogP contribution in [0.4, 0.5) is 5.69 Å². The van der Waals surface area contributed by atoms with Crippen LogP contribution < -0.4 is 10.1 Å². The SMILES string of the molecule is CC[C@@H](C)c1ccc(NC(=O)COc2ccc(C(C)C)c(C)c2)cc1. The van der Waals surface area contributed by atoms with E-state index in [-0.39, 0.29) is 12.5 Å². The first-order chi connectivity index (χ1) is 11.9. The molecule has 0 aromatic heterocycles. The normalized spacial score (nSPS) is 12.1. The Morgan fingerprint density at radius 3 is 2.32 bits per heavy atom. The van der Waals surface area contributed by atoms with Crippen molar-refractivity contribution in [2.24, 2.45) is 0 Å². The first-order valence-corrected chi connectivity index (χ1v) is 9.03. The van der Waals surface area contributed by atoms with Crippen LogP contribution in [0.2, 0.25) is 0 Å². The van der Waals surface area contributed by atoms with Gasteiger partial charge >= 0.3 is 0 Å². The number of benzene rings is 2. The predicted octanol–water partition coefficient (Wildman–Crippen LogP) is 5.65. The summed E-state index contributed by atoms with van der Waals surface area (Å²) in [4.78, 5) is 12.1. The summed E-state index contributed by atoms with van der Waals surface area (Å²) in [6, 6.07) is 14.0. The van der Waals surface area contributed by atoms with Crippen molar-refractivity contribution in [3.05, 3.63) is 59.2 Å². The number of ether oxygens (including phenoxy) is 1. The molecule has 2 aromatic rings. The predicted molar refractivity (Wildman–Crippen MR) is 105 cm³/mol. The maximum absolute atomic E-state index is 12.1. The summed E-state index contributed by atoms with van der Waals surface area (Å²) in [5.74, 6) is 1.59. The van der Waals surface area contributed by atoms with Crippen LogP contribution in [0.5, 0.6) is 5.75 Å². The molecule has 0 heterocycles. The Hall–Kier alpha value is -2.29. The van der Waals surface area contributed by atoms with E-state index in [9.17, 15) is 4.79 Å². The number of anilines is 1. The third-order valence-electron chi connectivity index (χ3n) is 4.61. The van der Waals surface area contributed by atoms with Crippen molar-refractivity contribution < 1.29 is 9.53 Å². The van der Waals surface area contributed by atoms with Crippen LogP contribution in [0.25, 0.3) is 0 Å². The van der Waals surface area contributed by atoms with Gasteiger partial charge in [0.2, 0.25) is 0 Å². The average molecular weight is 339 g/mol. The summed E-state index contributed by atoms with van der Waals surface area (Å²) in [5.41, 5.74) is 4.58. The minimum Gasteiger partial charge on any atom is -0.484 e. The number of hydrogen-bond acceptors (Lipinski definition) is 2. The number of amides is 1. The average Bonchev–Trinajstić information content (AvgIpc) is 2.59. The molecule has 0 spiro atoms. The first-order valence-electron chi connectivity index (χ1n) is 9.03. The molecule has 0 radical (unpaired) electrons. The van der Waals surface area contributed by atoms with Gasteiger partial charge in [-0.25, -0.2) is 0 Å². The van der Waals surface area contributed by atoms with Crippen molar-refractivity contribution in [2.75, 3.05) is 11.9 Å². The summed E-state index contributed by atoms with van der Waals surface area (Å²) >= 11 is 0. The van der Waals surface area contributed by atoms with Crippen LogP contribution in [0.3, 0.4) is 0 Å². The van der Waals surface area contributed by atoms with Crippen LogP contribution in [0, 0.1) is 6.92 Å². The fourth-order valence-electron chi connectivity index (χ4n) is 2.86. The van der Waals surface area contributed by atoms with Crippen molar-refractivity contribution in [3.63, 3.8) is 0 Å². The second-order valence-corrected chi connectivity index (χ2v) is 6.94. The van der Waals surface area contributed by atoms with Gasteiger partial charge < -0.3 is 10.1 Å². The lowest BCUT2D eigenvalue weighted by Crippen LogP contribution is -2.20. The molecule has 1 atom stereocenters. The maximum atomic E-state index is 12.1. The fourth-order valence-corrected chi connectivity index (χ4v) is 2.86. The van der Waals surface area contributed by atoms with Crippen molar-refractivity contribution >= 4 is 11.6 Å². The van der Waals surface area contributed by atoms with Crippen LogP contribution in [-0.2, 0) is 4.79 Å². The van der Waals surface area contributed by atoms with E-state index in [4.69, 9.17) is 4.74 Å². The molecule has 25 heavy (non-hydrogen) atoms. The van der Waals surface area contributed by atoms with Gasteiger partial charge in [0.05, 0.1) is 0 Å². The molecule has 0 aliphatic rings. The van der Waals surface area contributed by atoms with Crippen LogP contribution in [0.1, 0.15) is 62.6 Å². The van der Waals surface area contributed by atoms with Gasteiger partial charge in [0, 0.05) is 5.69 Å². The Bertz CT molecular complexity index is 704. The highest BCUT2D eigenvalue weighted by Gasteiger charge is 2.08. The van der Waals surface area contributed by atoms with Gasteiger partial charge in [0.25, 0.3) is 5.91 Å². The maximum Gasteiger partial charge on any atom is 0.262 e. The topological polar surface area (TPSA) is 38.3 Å². The van der Waals surface area contributed by atoms with Crippen LogP contribution in [-0.4, -0.2) is 12.5 Å². The Balaban J connectivity index is 1.89. The zero-order valence-electron chi connectivity index (χ0n) is 15.9. The van der Waals surface area contributed by atoms with E-state index in [0.29, 0.717) is 11.8 Å². The standard InChI is InChI=1S/C22H29NO2/c1-6-16(4)18-7-9-19(10-8-18)23-22(24)14-25-20-11-12-21(15(2)3)17(5)13-20/h7-13,15-16H,6,14H2,1-5H3,(H,23,24)/t16-/m1/s1. The second-order valence-electron chi connectivity index (χ2n) is 6.94. The van der Waals surface area contributed by atoms with Gasteiger partial charge in [-0.1, -0.05) is 45.9 Å². The van der Waals surface area contributed by atoms with Crippen molar-refractivity contribution in [2.45, 2.75) is 52.9 Å². The Kier molecular flexibility index (Phi) is 6.63. The molecule has 0 aliphatic heterocycles. The minimum absolute atomic E-state index is 0.00752. The number of nitrogens with one attached hydrogen (secondary N) is 1. The van der Waals surface area contributed by atoms with E-state index in [1.807, 2.05) is 24.3 Å². The quantitative estimate of drug-likeness (QED) is 0.708. The zero-order chi connectivity index (χ0) is 18.4. The monoisotopic (exact) mass is 339 g/mol. The van der Waals surface area contributed by atoms with E-state index in [1.54, 1.807) is 0 Å². The van der Waals surface area contributed by atoms with Gasteiger partial charge in [-0.15, -0.1) is 0 Å². The Labute approximate surface area is 151 Å². The lowest BCUT2D eigenvalue weighted by Gasteiger charge is -2.13. The second kappa shape index (κ2) is 8.70. The Morgan fingerprint density at radius 1 is 1.08 bits per heavy atom. The van der Waals surface area contributed by atoms with Crippen LogP contribution >= 0.6 is 0 Å². The molecule has 0 bridgehead atoms. The summed E-state index contributed by atoms with van der Waals surface area (Å²) in [5, 5.41) is 2.88.